The van der Waals surface area contributed by atoms with Gasteiger partial charge in [-0.05, 0) is 31.7 Å². The highest BCUT2D eigenvalue weighted by Gasteiger charge is 2.06. The summed E-state index contributed by atoms with van der Waals surface area (Å²) in [6.07, 6.45) is 15.8. The lowest BCUT2D eigenvalue weighted by atomic mass is 10.1. The molecule has 0 N–H and O–H groups in total. The molecule has 3 nitrogen and oxygen atoms in total. The van der Waals surface area contributed by atoms with E-state index >= 15 is 0 Å². The van der Waals surface area contributed by atoms with E-state index in [4.69, 9.17) is 9.15 Å². The van der Waals surface area contributed by atoms with Gasteiger partial charge in [0, 0.05) is 13.0 Å². The lowest BCUT2D eigenvalue weighted by Gasteiger charge is -2.03. The molecule has 122 valence electrons. The van der Waals surface area contributed by atoms with Gasteiger partial charge < -0.3 is 9.15 Å². The third-order valence-corrected chi connectivity index (χ3v) is 3.41. The van der Waals surface area contributed by atoms with E-state index in [9.17, 15) is 4.79 Å². The smallest absolute Gasteiger partial charge is 0.284 e. The summed E-state index contributed by atoms with van der Waals surface area (Å²) in [4.78, 5) is 11.1. The molecule has 0 spiro atoms. The molecule has 22 heavy (non-hydrogen) atoms. The molecular formula is C19H28O3. The molecule has 3 heteroatoms. The first-order valence-corrected chi connectivity index (χ1v) is 8.23. The van der Waals surface area contributed by atoms with E-state index in [1.165, 1.54) is 45.4 Å². The SMILES string of the molecule is C=CC/C=C/CCCCCCCCOc1ccc(C(C)=O)o1. The van der Waals surface area contributed by atoms with Crippen LogP contribution in [0.3, 0.4) is 0 Å². The van der Waals surface area contributed by atoms with Crippen LogP contribution in [0.5, 0.6) is 5.95 Å². The lowest BCUT2D eigenvalue weighted by molar-refractivity contribution is 0.0978. The number of unbranched alkanes of at least 4 members (excludes halogenated alkanes) is 6. The van der Waals surface area contributed by atoms with Crippen molar-refractivity contribution in [2.75, 3.05) is 6.61 Å². The van der Waals surface area contributed by atoms with E-state index in [1.807, 2.05) is 6.08 Å². The second-order valence-electron chi connectivity index (χ2n) is 5.43. The van der Waals surface area contributed by atoms with Crippen molar-refractivity contribution in [2.24, 2.45) is 0 Å². The van der Waals surface area contributed by atoms with Crippen LogP contribution in [-0.4, -0.2) is 12.4 Å². The van der Waals surface area contributed by atoms with E-state index in [0.717, 1.165) is 12.8 Å². The number of hydrogen-bond acceptors (Lipinski definition) is 3. The monoisotopic (exact) mass is 304 g/mol. The largest absolute Gasteiger partial charge is 0.465 e. The molecule has 0 fully saturated rings. The summed E-state index contributed by atoms with van der Waals surface area (Å²) < 4.78 is 10.7. The van der Waals surface area contributed by atoms with Crippen molar-refractivity contribution < 1.29 is 13.9 Å². The number of rotatable bonds is 13. The predicted octanol–water partition coefficient (Wildman–Crippen LogP) is 5.72. The Morgan fingerprint density at radius 3 is 2.55 bits per heavy atom. The van der Waals surface area contributed by atoms with Crippen LogP contribution in [0.4, 0.5) is 0 Å². The number of allylic oxidation sites excluding steroid dienone is 3. The van der Waals surface area contributed by atoms with Crippen LogP contribution in [0.15, 0.2) is 41.4 Å². The summed E-state index contributed by atoms with van der Waals surface area (Å²) in [6, 6.07) is 3.36. The Morgan fingerprint density at radius 1 is 1.14 bits per heavy atom. The second kappa shape index (κ2) is 11.8. The van der Waals surface area contributed by atoms with Crippen LogP contribution >= 0.6 is 0 Å². The quantitative estimate of drug-likeness (QED) is 0.265. The highest BCUT2D eigenvalue weighted by molar-refractivity contribution is 5.91. The molecule has 0 saturated heterocycles. The average Bonchev–Trinajstić information content (AvgIpc) is 2.97. The number of ether oxygens (including phenoxy) is 1. The number of carbonyl (C=O) groups is 1. The van der Waals surface area contributed by atoms with E-state index < -0.39 is 0 Å². The molecule has 1 aromatic heterocycles. The van der Waals surface area contributed by atoms with Gasteiger partial charge >= 0.3 is 0 Å². The van der Waals surface area contributed by atoms with Crippen molar-refractivity contribution in [3.8, 4) is 5.95 Å². The molecule has 0 aliphatic heterocycles. The van der Waals surface area contributed by atoms with E-state index in [0.29, 0.717) is 18.3 Å². The Morgan fingerprint density at radius 2 is 1.86 bits per heavy atom. The normalized spacial score (nSPS) is 11.0. The first-order valence-electron chi connectivity index (χ1n) is 8.23. The fraction of sp³-hybridized carbons (Fsp3) is 0.526. The maximum Gasteiger partial charge on any atom is 0.284 e. The molecule has 0 atom stereocenters. The Labute approximate surface area is 134 Å². The van der Waals surface area contributed by atoms with Gasteiger partial charge in [0.25, 0.3) is 5.95 Å². The molecule has 1 aromatic rings. The maximum absolute atomic E-state index is 11.1. The third kappa shape index (κ3) is 8.50. The molecule has 0 radical (unpaired) electrons. The van der Waals surface area contributed by atoms with Gasteiger partial charge in [0.05, 0.1) is 6.61 Å². The van der Waals surface area contributed by atoms with Crippen LogP contribution in [0.25, 0.3) is 0 Å². The highest BCUT2D eigenvalue weighted by Crippen LogP contribution is 2.17. The van der Waals surface area contributed by atoms with Crippen molar-refractivity contribution in [2.45, 2.75) is 58.3 Å². The summed E-state index contributed by atoms with van der Waals surface area (Å²) in [5, 5.41) is 0. The Bertz CT molecular complexity index is 457. The Kier molecular flexibility index (Phi) is 9.84. The summed E-state index contributed by atoms with van der Waals surface area (Å²) in [5.74, 6) is 0.725. The summed E-state index contributed by atoms with van der Waals surface area (Å²) >= 11 is 0. The fourth-order valence-corrected chi connectivity index (χ4v) is 2.14. The molecular weight excluding hydrogens is 276 g/mol. The van der Waals surface area contributed by atoms with Crippen molar-refractivity contribution in [3.63, 3.8) is 0 Å². The molecule has 1 rings (SSSR count). The number of furan rings is 1. The Hall–Kier alpha value is -1.77. The molecule has 0 amide bonds. The first kappa shape index (κ1) is 18.3. The van der Waals surface area contributed by atoms with Crippen molar-refractivity contribution >= 4 is 5.78 Å². The van der Waals surface area contributed by atoms with Crippen LogP contribution in [0.2, 0.25) is 0 Å². The molecule has 0 saturated carbocycles. The summed E-state index contributed by atoms with van der Waals surface area (Å²) in [6.45, 7) is 5.82. The summed E-state index contributed by atoms with van der Waals surface area (Å²) in [7, 11) is 0. The van der Waals surface area contributed by atoms with Crippen molar-refractivity contribution in [1.82, 2.24) is 0 Å². The average molecular weight is 304 g/mol. The van der Waals surface area contributed by atoms with E-state index in [2.05, 4.69) is 18.7 Å². The van der Waals surface area contributed by atoms with Crippen LogP contribution in [-0.2, 0) is 0 Å². The minimum atomic E-state index is -0.0748. The molecule has 0 unspecified atom stereocenters. The lowest BCUT2D eigenvalue weighted by Crippen LogP contribution is -1.96. The zero-order valence-corrected chi connectivity index (χ0v) is 13.7. The zero-order chi connectivity index (χ0) is 16.0. The van der Waals surface area contributed by atoms with E-state index in [-0.39, 0.29) is 5.78 Å². The highest BCUT2D eigenvalue weighted by atomic mass is 16.6. The third-order valence-electron chi connectivity index (χ3n) is 3.41. The minimum Gasteiger partial charge on any atom is -0.465 e. The molecule has 0 aromatic carbocycles. The van der Waals surface area contributed by atoms with Gasteiger partial charge in [0.2, 0.25) is 0 Å². The number of Topliss-reactive ketones (excluding diaryl/α,β-unsaturated/α-hetero) is 1. The van der Waals surface area contributed by atoms with Gasteiger partial charge in [-0.15, -0.1) is 6.58 Å². The van der Waals surface area contributed by atoms with Crippen LogP contribution < -0.4 is 4.74 Å². The van der Waals surface area contributed by atoms with Crippen LogP contribution in [0.1, 0.15) is 68.8 Å². The van der Waals surface area contributed by atoms with Gasteiger partial charge in [-0.25, -0.2) is 0 Å². The van der Waals surface area contributed by atoms with Gasteiger partial charge in [-0.2, -0.15) is 0 Å². The topological polar surface area (TPSA) is 39.4 Å². The summed E-state index contributed by atoms with van der Waals surface area (Å²) in [5.41, 5.74) is 0. The Balaban J connectivity index is 1.91. The van der Waals surface area contributed by atoms with Gasteiger partial charge in [0.1, 0.15) is 0 Å². The van der Waals surface area contributed by atoms with Crippen molar-refractivity contribution in [1.29, 1.82) is 0 Å². The maximum atomic E-state index is 11.1. The predicted molar refractivity (Wildman–Crippen MR) is 90.5 cm³/mol. The minimum absolute atomic E-state index is 0.0748. The van der Waals surface area contributed by atoms with E-state index in [1.54, 1.807) is 12.1 Å². The molecule has 1 heterocycles. The molecule has 0 bridgehead atoms. The van der Waals surface area contributed by atoms with Gasteiger partial charge in [-0.1, -0.05) is 43.9 Å². The van der Waals surface area contributed by atoms with Crippen molar-refractivity contribution in [3.05, 3.63) is 42.7 Å². The van der Waals surface area contributed by atoms with Gasteiger partial charge in [-0.3, -0.25) is 4.79 Å². The molecule has 0 aliphatic carbocycles. The number of carbonyl (C=O) groups excluding carboxylic acids is 1. The fourth-order valence-electron chi connectivity index (χ4n) is 2.14. The van der Waals surface area contributed by atoms with Crippen LogP contribution in [0, 0.1) is 0 Å². The number of ketones is 1. The zero-order valence-electron chi connectivity index (χ0n) is 13.7. The standard InChI is InChI=1S/C19H28O3/c1-3-4-5-6-7-8-9-10-11-12-13-16-21-19-15-14-18(22-19)17(2)20/h3,5-6,14-15H,1,4,7-13,16H2,2H3/b6-5+. The molecule has 0 aliphatic rings. The number of hydrogen-bond donors (Lipinski definition) is 0. The second-order valence-corrected chi connectivity index (χ2v) is 5.43. The first-order chi connectivity index (χ1) is 10.7. The van der Waals surface area contributed by atoms with Gasteiger partial charge in [0.15, 0.2) is 11.5 Å².